The van der Waals surface area contributed by atoms with Crippen molar-refractivity contribution in [1.29, 1.82) is 0 Å². The summed E-state index contributed by atoms with van der Waals surface area (Å²) in [5.74, 6) is -3.01. The van der Waals surface area contributed by atoms with Gasteiger partial charge in [0.05, 0.1) is 30.2 Å². The molecule has 0 fully saturated rings. The average molecular weight is 427 g/mol. The van der Waals surface area contributed by atoms with Crippen LogP contribution in [0.2, 0.25) is 0 Å². The molecule has 1 atom stereocenters. The lowest BCUT2D eigenvalue weighted by Crippen LogP contribution is -2.37. The quantitative estimate of drug-likeness (QED) is 0.532. The number of ether oxygens (including phenoxy) is 1. The van der Waals surface area contributed by atoms with Gasteiger partial charge in [-0.2, -0.15) is 0 Å². The number of halogens is 3. The number of hydrogen-bond donors (Lipinski definition) is 1. The molecule has 0 saturated heterocycles. The number of fused-ring (bicyclic) bond motifs is 4. The summed E-state index contributed by atoms with van der Waals surface area (Å²) in [6.07, 6.45) is 2.78. The van der Waals surface area contributed by atoms with Gasteiger partial charge in [-0.3, -0.25) is 9.59 Å². The van der Waals surface area contributed by atoms with Gasteiger partial charge in [0.1, 0.15) is 5.82 Å². The first-order valence-corrected chi connectivity index (χ1v) is 9.49. The summed E-state index contributed by atoms with van der Waals surface area (Å²) in [6.45, 7) is 0.185. The average Bonchev–Trinajstić information content (AvgIpc) is 3.17. The number of hydrogen-bond acceptors (Lipinski definition) is 3. The van der Waals surface area contributed by atoms with Crippen molar-refractivity contribution in [3.63, 3.8) is 0 Å². The van der Waals surface area contributed by atoms with Crippen LogP contribution in [0.4, 0.5) is 13.2 Å². The van der Waals surface area contributed by atoms with E-state index in [1.807, 2.05) is 0 Å². The molecule has 1 amide bonds. The van der Waals surface area contributed by atoms with Crippen LogP contribution in [-0.2, 0) is 11.3 Å². The lowest BCUT2D eigenvalue weighted by Gasteiger charge is -2.33. The molecule has 1 aliphatic rings. The van der Waals surface area contributed by atoms with Crippen molar-refractivity contribution >= 4 is 22.2 Å². The highest BCUT2D eigenvalue weighted by atomic mass is 19.2. The molecule has 1 aromatic carbocycles. The SMILES string of the molecule is CN(C(=O)c1cc2ccc(F)cn2c1)C1COCc2[nH]c(=O)c3cc(F)c(F)cc3c21. The smallest absolute Gasteiger partial charge is 0.256 e. The number of nitrogens with one attached hydrogen (secondary N) is 1. The second-order valence-corrected chi connectivity index (χ2v) is 7.51. The number of H-pyrrole nitrogens is 1. The van der Waals surface area contributed by atoms with Crippen molar-refractivity contribution in [3.8, 4) is 0 Å². The Morgan fingerprint density at radius 2 is 1.87 bits per heavy atom. The molecule has 3 aromatic heterocycles. The molecular formula is C22H16F3N3O3. The number of carbonyl (C=O) groups is 1. The van der Waals surface area contributed by atoms with Gasteiger partial charge >= 0.3 is 0 Å². The van der Waals surface area contributed by atoms with Crippen molar-refractivity contribution in [2.45, 2.75) is 12.6 Å². The molecule has 9 heteroatoms. The normalized spacial score (nSPS) is 15.9. The number of benzene rings is 1. The molecule has 1 aliphatic heterocycles. The highest BCUT2D eigenvalue weighted by molar-refractivity contribution is 5.96. The predicted molar refractivity (Wildman–Crippen MR) is 106 cm³/mol. The minimum absolute atomic E-state index is 0.00419. The van der Waals surface area contributed by atoms with Crippen LogP contribution in [0.15, 0.2) is 47.5 Å². The van der Waals surface area contributed by atoms with Gasteiger partial charge in [-0.05, 0) is 35.7 Å². The monoisotopic (exact) mass is 427 g/mol. The molecule has 1 unspecified atom stereocenters. The molecule has 0 radical (unpaired) electrons. The standard InChI is InChI=1S/C22H16F3N3O3/c1-27(22(30)11-4-13-3-2-12(23)8-28(13)7-11)19-10-31-9-18-20(19)14-5-16(24)17(25)6-15(14)21(29)26-18/h2-8,19H,9-10H2,1H3,(H,26,29). The van der Waals surface area contributed by atoms with E-state index in [4.69, 9.17) is 4.74 Å². The minimum atomic E-state index is -1.13. The number of rotatable bonds is 2. The van der Waals surface area contributed by atoms with E-state index in [0.717, 1.165) is 12.1 Å². The number of aromatic nitrogens is 2. The molecule has 0 bridgehead atoms. The maximum atomic E-state index is 14.0. The third kappa shape index (κ3) is 3.09. The van der Waals surface area contributed by atoms with Crippen molar-refractivity contribution in [2.24, 2.45) is 0 Å². The van der Waals surface area contributed by atoms with Gasteiger partial charge in [-0.1, -0.05) is 0 Å². The Balaban J connectivity index is 1.61. The van der Waals surface area contributed by atoms with E-state index in [9.17, 15) is 22.8 Å². The number of amides is 1. The third-order valence-electron chi connectivity index (χ3n) is 5.63. The van der Waals surface area contributed by atoms with Crippen molar-refractivity contribution in [2.75, 3.05) is 13.7 Å². The maximum absolute atomic E-state index is 14.0. The van der Waals surface area contributed by atoms with Crippen molar-refractivity contribution < 1.29 is 22.7 Å². The number of nitrogens with zero attached hydrogens (tertiary/aromatic N) is 2. The van der Waals surface area contributed by atoms with Crippen molar-refractivity contribution in [1.82, 2.24) is 14.3 Å². The molecule has 1 N–H and O–H groups in total. The summed E-state index contributed by atoms with van der Waals surface area (Å²) >= 11 is 0. The Labute approximate surface area is 173 Å². The van der Waals surface area contributed by atoms with E-state index < -0.39 is 29.1 Å². The highest BCUT2D eigenvalue weighted by Gasteiger charge is 2.31. The Morgan fingerprint density at radius 1 is 1.13 bits per heavy atom. The van der Waals surface area contributed by atoms with Crippen LogP contribution in [-0.4, -0.2) is 33.8 Å². The first kappa shape index (κ1) is 19.4. The highest BCUT2D eigenvalue weighted by Crippen LogP contribution is 2.34. The fourth-order valence-electron chi connectivity index (χ4n) is 4.09. The van der Waals surface area contributed by atoms with E-state index in [1.165, 1.54) is 27.8 Å². The minimum Gasteiger partial charge on any atom is -0.373 e. The summed E-state index contributed by atoms with van der Waals surface area (Å²) in [5, 5.41) is 0.227. The third-order valence-corrected chi connectivity index (χ3v) is 5.63. The van der Waals surface area contributed by atoms with Gasteiger partial charge in [0.25, 0.3) is 11.5 Å². The lowest BCUT2D eigenvalue weighted by atomic mass is 9.95. The molecule has 4 heterocycles. The molecule has 0 saturated carbocycles. The van der Waals surface area contributed by atoms with Gasteiger partial charge in [-0.25, -0.2) is 13.2 Å². The van der Waals surface area contributed by atoms with Crippen LogP contribution < -0.4 is 5.56 Å². The summed E-state index contributed by atoms with van der Waals surface area (Å²) < 4.78 is 48.3. The van der Waals surface area contributed by atoms with Crippen LogP contribution in [0.1, 0.15) is 27.7 Å². The Bertz CT molecular complexity index is 1430. The summed E-state index contributed by atoms with van der Waals surface area (Å²) in [5.41, 5.74) is 1.32. The zero-order chi connectivity index (χ0) is 21.9. The van der Waals surface area contributed by atoms with Crippen LogP contribution in [0, 0.1) is 17.5 Å². The Morgan fingerprint density at radius 3 is 2.65 bits per heavy atom. The predicted octanol–water partition coefficient (Wildman–Crippen LogP) is 3.54. The lowest BCUT2D eigenvalue weighted by molar-refractivity contribution is 0.0336. The molecular weight excluding hydrogens is 411 g/mol. The number of pyridine rings is 2. The Kier molecular flexibility index (Phi) is 4.37. The second kappa shape index (κ2) is 6.98. The van der Waals surface area contributed by atoms with Crippen molar-refractivity contribution in [3.05, 3.63) is 87.4 Å². The fourth-order valence-corrected chi connectivity index (χ4v) is 4.09. The molecule has 5 rings (SSSR count). The van der Waals surface area contributed by atoms with E-state index in [1.54, 1.807) is 19.2 Å². The topological polar surface area (TPSA) is 66.8 Å². The van der Waals surface area contributed by atoms with Crippen LogP contribution in [0.3, 0.4) is 0 Å². The van der Waals surface area contributed by atoms with E-state index in [2.05, 4.69) is 4.98 Å². The molecule has 4 aromatic rings. The first-order chi connectivity index (χ1) is 14.8. The van der Waals surface area contributed by atoms with Crippen LogP contribution in [0.25, 0.3) is 16.3 Å². The molecule has 31 heavy (non-hydrogen) atoms. The van der Waals surface area contributed by atoms with Gasteiger partial charge in [0, 0.05) is 36.2 Å². The molecule has 0 aliphatic carbocycles. The van der Waals surface area contributed by atoms with E-state index >= 15 is 0 Å². The van der Waals surface area contributed by atoms with E-state index in [-0.39, 0.29) is 29.9 Å². The number of likely N-dealkylation sites (N-methyl/N-ethyl adjacent to an activating group) is 1. The zero-order valence-electron chi connectivity index (χ0n) is 16.3. The molecule has 0 spiro atoms. The second-order valence-electron chi connectivity index (χ2n) is 7.51. The molecule has 158 valence electrons. The summed E-state index contributed by atoms with van der Waals surface area (Å²) in [6, 6.07) is 5.66. The number of aromatic amines is 1. The first-order valence-electron chi connectivity index (χ1n) is 9.49. The molecule has 6 nitrogen and oxygen atoms in total. The Hall–Kier alpha value is -3.59. The van der Waals surface area contributed by atoms with Gasteiger partial charge in [-0.15, -0.1) is 0 Å². The number of carbonyl (C=O) groups excluding carboxylic acids is 1. The zero-order valence-corrected chi connectivity index (χ0v) is 16.3. The van der Waals surface area contributed by atoms with Gasteiger partial charge in [0.2, 0.25) is 0 Å². The maximum Gasteiger partial charge on any atom is 0.256 e. The van der Waals surface area contributed by atoms with Gasteiger partial charge < -0.3 is 19.0 Å². The summed E-state index contributed by atoms with van der Waals surface area (Å²) in [7, 11) is 1.56. The van der Waals surface area contributed by atoms with Gasteiger partial charge in [0.15, 0.2) is 11.6 Å². The van der Waals surface area contributed by atoms with Crippen LogP contribution in [0.5, 0.6) is 0 Å². The van der Waals surface area contributed by atoms with E-state index in [0.29, 0.717) is 22.3 Å². The van der Waals surface area contributed by atoms with Crippen LogP contribution >= 0.6 is 0 Å². The summed E-state index contributed by atoms with van der Waals surface area (Å²) in [4.78, 5) is 29.6. The fraction of sp³-hybridized carbons (Fsp3) is 0.182. The largest absolute Gasteiger partial charge is 0.373 e.